The Hall–Kier alpha value is -3.19. The van der Waals surface area contributed by atoms with Gasteiger partial charge in [0.1, 0.15) is 15.6 Å². The Morgan fingerprint density at radius 3 is 2.52 bits per heavy atom. The van der Waals surface area contributed by atoms with Crippen molar-refractivity contribution in [2.24, 2.45) is 0 Å². The summed E-state index contributed by atoms with van der Waals surface area (Å²) in [5.41, 5.74) is 3.36. The van der Waals surface area contributed by atoms with E-state index in [1.807, 2.05) is 55.5 Å². The lowest BCUT2D eigenvalue weighted by Gasteiger charge is -2.10. The zero-order valence-electron chi connectivity index (χ0n) is 16.6. The number of nitrogens with zero attached hydrogens (tertiary/aromatic N) is 1. The molecule has 6 nitrogen and oxygen atoms in total. The Morgan fingerprint density at radius 1 is 1.10 bits per heavy atom. The molecule has 0 unspecified atom stereocenters. The number of para-hydroxylation sites is 1. The number of thiazole rings is 1. The van der Waals surface area contributed by atoms with Gasteiger partial charge < -0.3 is 15.4 Å². The Morgan fingerprint density at radius 2 is 1.83 bits per heavy atom. The molecule has 0 spiro atoms. The lowest BCUT2D eigenvalue weighted by Crippen LogP contribution is -2.33. The topological polar surface area (TPSA) is 80.3 Å². The number of benzene rings is 2. The SMILES string of the molecule is CCc1ccccc1NC(=O)CNC(=O)c1sc(-c2ccc(OC)cc2)nc1C. The summed E-state index contributed by atoms with van der Waals surface area (Å²) >= 11 is 1.30. The van der Waals surface area contributed by atoms with E-state index in [-0.39, 0.29) is 18.4 Å². The van der Waals surface area contributed by atoms with E-state index in [2.05, 4.69) is 15.6 Å². The van der Waals surface area contributed by atoms with Gasteiger partial charge in [0.05, 0.1) is 19.3 Å². The molecule has 0 bridgehead atoms. The fourth-order valence-electron chi connectivity index (χ4n) is 2.85. The van der Waals surface area contributed by atoms with Gasteiger partial charge in [-0.15, -0.1) is 11.3 Å². The molecule has 0 aliphatic heterocycles. The van der Waals surface area contributed by atoms with Crippen LogP contribution in [0.5, 0.6) is 5.75 Å². The highest BCUT2D eigenvalue weighted by molar-refractivity contribution is 7.17. The second-order valence-electron chi connectivity index (χ2n) is 6.40. The van der Waals surface area contributed by atoms with Crippen molar-refractivity contribution in [1.29, 1.82) is 0 Å². The standard InChI is InChI=1S/C22H23N3O3S/c1-4-15-7-5-6-8-18(15)25-19(26)13-23-21(27)20-14(2)24-22(29-20)16-9-11-17(28-3)12-10-16/h5-12H,4,13H2,1-3H3,(H,23,27)(H,25,26). The van der Waals surface area contributed by atoms with Crippen LogP contribution < -0.4 is 15.4 Å². The molecule has 2 amide bonds. The van der Waals surface area contributed by atoms with E-state index >= 15 is 0 Å². The lowest BCUT2D eigenvalue weighted by molar-refractivity contribution is -0.115. The van der Waals surface area contributed by atoms with Gasteiger partial charge >= 0.3 is 0 Å². The molecule has 0 atom stereocenters. The minimum atomic E-state index is -0.307. The van der Waals surface area contributed by atoms with E-state index in [1.165, 1.54) is 11.3 Å². The summed E-state index contributed by atoms with van der Waals surface area (Å²) in [5.74, 6) is 0.186. The molecule has 2 N–H and O–H groups in total. The van der Waals surface area contributed by atoms with Crippen LogP contribution in [-0.4, -0.2) is 30.5 Å². The highest BCUT2D eigenvalue weighted by Crippen LogP contribution is 2.29. The van der Waals surface area contributed by atoms with Crippen molar-refractivity contribution in [3.8, 4) is 16.3 Å². The maximum Gasteiger partial charge on any atom is 0.263 e. The molecule has 3 rings (SSSR count). The number of rotatable bonds is 7. The van der Waals surface area contributed by atoms with Crippen LogP contribution in [0.4, 0.5) is 5.69 Å². The van der Waals surface area contributed by atoms with Gasteiger partial charge in [0.2, 0.25) is 5.91 Å². The van der Waals surface area contributed by atoms with Crippen LogP contribution in [0.3, 0.4) is 0 Å². The molecule has 2 aromatic carbocycles. The first-order valence-corrected chi connectivity index (χ1v) is 10.1. The Labute approximate surface area is 173 Å². The number of carbonyl (C=O) groups is 2. The average Bonchev–Trinajstić information content (AvgIpc) is 3.14. The van der Waals surface area contributed by atoms with Crippen LogP contribution in [-0.2, 0) is 11.2 Å². The van der Waals surface area contributed by atoms with Gasteiger partial charge in [-0.25, -0.2) is 4.98 Å². The maximum absolute atomic E-state index is 12.5. The van der Waals surface area contributed by atoms with E-state index in [0.29, 0.717) is 10.6 Å². The first-order chi connectivity index (χ1) is 14.0. The summed E-state index contributed by atoms with van der Waals surface area (Å²) < 4.78 is 5.16. The highest BCUT2D eigenvalue weighted by atomic mass is 32.1. The Kier molecular flexibility index (Phi) is 6.61. The zero-order chi connectivity index (χ0) is 20.8. The fourth-order valence-corrected chi connectivity index (χ4v) is 3.84. The van der Waals surface area contributed by atoms with Crippen LogP contribution in [0.2, 0.25) is 0 Å². The molecular weight excluding hydrogens is 386 g/mol. The minimum Gasteiger partial charge on any atom is -0.497 e. The molecule has 0 saturated carbocycles. The van der Waals surface area contributed by atoms with Crippen LogP contribution in [0.15, 0.2) is 48.5 Å². The first kappa shape index (κ1) is 20.5. The molecule has 0 aliphatic rings. The third kappa shape index (κ3) is 5.00. The van der Waals surface area contributed by atoms with Crippen LogP contribution in [0.1, 0.15) is 27.9 Å². The molecule has 29 heavy (non-hydrogen) atoms. The van der Waals surface area contributed by atoms with Crippen molar-refractivity contribution in [2.45, 2.75) is 20.3 Å². The van der Waals surface area contributed by atoms with E-state index in [1.54, 1.807) is 14.0 Å². The lowest BCUT2D eigenvalue weighted by atomic mass is 10.1. The monoisotopic (exact) mass is 409 g/mol. The normalized spacial score (nSPS) is 10.4. The van der Waals surface area contributed by atoms with Gasteiger partial charge in [-0.3, -0.25) is 9.59 Å². The van der Waals surface area contributed by atoms with Crippen molar-refractivity contribution < 1.29 is 14.3 Å². The summed E-state index contributed by atoms with van der Waals surface area (Å²) in [7, 11) is 1.61. The predicted octanol–water partition coefficient (Wildman–Crippen LogP) is 4.06. The molecule has 0 aliphatic carbocycles. The average molecular weight is 410 g/mol. The Balaban J connectivity index is 1.63. The van der Waals surface area contributed by atoms with Crippen molar-refractivity contribution >= 4 is 28.8 Å². The minimum absolute atomic E-state index is 0.105. The second-order valence-corrected chi connectivity index (χ2v) is 7.40. The number of ether oxygens (including phenoxy) is 1. The number of hydrogen-bond acceptors (Lipinski definition) is 5. The highest BCUT2D eigenvalue weighted by Gasteiger charge is 2.17. The summed E-state index contributed by atoms with van der Waals surface area (Å²) in [6.45, 7) is 3.71. The smallest absolute Gasteiger partial charge is 0.263 e. The van der Waals surface area contributed by atoms with E-state index in [4.69, 9.17) is 4.74 Å². The van der Waals surface area contributed by atoms with Crippen molar-refractivity contribution in [1.82, 2.24) is 10.3 Å². The van der Waals surface area contributed by atoms with Gasteiger partial charge in [-0.2, -0.15) is 0 Å². The van der Waals surface area contributed by atoms with Crippen LogP contribution >= 0.6 is 11.3 Å². The molecule has 1 aromatic heterocycles. The molecule has 1 heterocycles. The third-order valence-corrected chi connectivity index (χ3v) is 5.63. The number of hydrogen-bond donors (Lipinski definition) is 2. The molecule has 0 radical (unpaired) electrons. The van der Waals surface area contributed by atoms with Gasteiger partial charge in [0, 0.05) is 11.3 Å². The second kappa shape index (κ2) is 9.34. The van der Waals surface area contributed by atoms with Gasteiger partial charge in [-0.1, -0.05) is 25.1 Å². The van der Waals surface area contributed by atoms with Crippen molar-refractivity contribution in [3.63, 3.8) is 0 Å². The molecule has 150 valence electrons. The van der Waals surface area contributed by atoms with E-state index < -0.39 is 0 Å². The number of amides is 2. The summed E-state index contributed by atoms with van der Waals surface area (Å²) in [6.07, 6.45) is 0.816. The number of carbonyl (C=O) groups excluding carboxylic acids is 2. The number of aryl methyl sites for hydroxylation is 2. The molecule has 0 fully saturated rings. The van der Waals surface area contributed by atoms with E-state index in [9.17, 15) is 9.59 Å². The van der Waals surface area contributed by atoms with Crippen molar-refractivity contribution in [2.75, 3.05) is 19.0 Å². The quantitative estimate of drug-likeness (QED) is 0.617. The van der Waals surface area contributed by atoms with Gasteiger partial charge in [0.15, 0.2) is 0 Å². The summed E-state index contributed by atoms with van der Waals surface area (Å²) in [4.78, 5) is 29.8. The van der Waals surface area contributed by atoms with Crippen molar-refractivity contribution in [3.05, 3.63) is 64.7 Å². The molecule has 0 saturated heterocycles. The summed E-state index contributed by atoms with van der Waals surface area (Å²) in [5, 5.41) is 6.27. The Bertz CT molecular complexity index is 1010. The number of methoxy groups -OCH3 is 1. The number of nitrogens with one attached hydrogen (secondary N) is 2. The molecular formula is C22H23N3O3S. The molecule has 3 aromatic rings. The van der Waals surface area contributed by atoms with E-state index in [0.717, 1.165) is 34.0 Å². The predicted molar refractivity (Wildman–Crippen MR) is 116 cm³/mol. The largest absolute Gasteiger partial charge is 0.497 e. The first-order valence-electron chi connectivity index (χ1n) is 9.29. The third-order valence-electron chi connectivity index (χ3n) is 4.42. The maximum atomic E-state index is 12.5. The van der Waals surface area contributed by atoms with Gasteiger partial charge in [0.25, 0.3) is 5.91 Å². The number of aromatic nitrogens is 1. The van der Waals surface area contributed by atoms with Gasteiger partial charge in [-0.05, 0) is 49.2 Å². The fraction of sp³-hybridized carbons (Fsp3) is 0.227. The van der Waals surface area contributed by atoms with Crippen LogP contribution in [0.25, 0.3) is 10.6 Å². The zero-order valence-corrected chi connectivity index (χ0v) is 17.4. The summed E-state index contributed by atoms with van der Waals surface area (Å²) in [6, 6.07) is 15.1. The van der Waals surface area contributed by atoms with Crippen LogP contribution in [0, 0.1) is 6.92 Å². The molecule has 7 heteroatoms. The number of anilines is 1.